The number of benzene rings is 3. The second-order valence-electron chi connectivity index (χ2n) is 9.25. The molecule has 0 heterocycles. The number of carbonyl (C=O) groups excluding carboxylic acids is 2. The molecule has 2 N–H and O–H groups in total. The highest BCUT2D eigenvalue weighted by Crippen LogP contribution is 2.34. The van der Waals surface area contributed by atoms with Gasteiger partial charge < -0.3 is 15.3 Å². The topological polar surface area (TPSA) is 69.6 Å². The maximum Gasteiger partial charge on any atom is 0.247 e. The van der Waals surface area contributed by atoms with Gasteiger partial charge in [-0.25, -0.2) is 0 Å². The number of phenols is 1. The highest BCUT2D eigenvalue weighted by atomic mass is 79.9. The Morgan fingerprint density at radius 1 is 0.971 bits per heavy atom. The van der Waals surface area contributed by atoms with Crippen LogP contribution in [0, 0.1) is 5.92 Å². The maximum absolute atomic E-state index is 13.7. The van der Waals surface area contributed by atoms with Gasteiger partial charge in [0.15, 0.2) is 0 Å². The van der Waals surface area contributed by atoms with Gasteiger partial charge in [-0.1, -0.05) is 70.5 Å². The summed E-state index contributed by atoms with van der Waals surface area (Å²) in [6.07, 6.45) is 3.01. The zero-order chi connectivity index (χ0) is 24.8. The van der Waals surface area contributed by atoms with Crippen molar-refractivity contribution in [3.63, 3.8) is 0 Å². The number of nitrogens with one attached hydrogen (secondary N) is 1. The van der Waals surface area contributed by atoms with Gasteiger partial charge in [0.1, 0.15) is 11.8 Å². The van der Waals surface area contributed by atoms with Crippen molar-refractivity contribution in [1.82, 2.24) is 10.2 Å². The lowest BCUT2D eigenvalue weighted by molar-refractivity contribution is -0.141. The predicted molar refractivity (Wildman–Crippen MR) is 141 cm³/mol. The van der Waals surface area contributed by atoms with Crippen LogP contribution in [-0.2, 0) is 16.0 Å². The first kappa shape index (κ1) is 25.0. The molecule has 0 aliphatic heterocycles. The molecule has 35 heavy (non-hydrogen) atoms. The second kappa shape index (κ2) is 11.5. The Hall–Kier alpha value is -3.12. The monoisotopic (exact) mass is 534 g/mol. The SMILES string of the molecule is CC(NC(=O)C(c1ccc(Br)cc1)N(CC1CC1)C(=O)CCc1ccc(O)cc1)c1ccccc1. The summed E-state index contributed by atoms with van der Waals surface area (Å²) in [6, 6.07) is 23.5. The van der Waals surface area contributed by atoms with Gasteiger partial charge in [-0.2, -0.15) is 0 Å². The molecule has 0 bridgehead atoms. The van der Waals surface area contributed by atoms with E-state index >= 15 is 0 Å². The summed E-state index contributed by atoms with van der Waals surface area (Å²) >= 11 is 3.48. The van der Waals surface area contributed by atoms with Crippen molar-refractivity contribution in [3.05, 3.63) is 100 Å². The lowest BCUT2D eigenvalue weighted by Crippen LogP contribution is -2.45. The van der Waals surface area contributed by atoms with E-state index in [0.717, 1.165) is 34.0 Å². The summed E-state index contributed by atoms with van der Waals surface area (Å²) in [7, 11) is 0. The minimum atomic E-state index is -0.706. The van der Waals surface area contributed by atoms with E-state index in [1.165, 1.54) is 0 Å². The van der Waals surface area contributed by atoms with Crippen LogP contribution in [0.4, 0.5) is 0 Å². The maximum atomic E-state index is 13.7. The van der Waals surface area contributed by atoms with E-state index in [1.54, 1.807) is 17.0 Å². The summed E-state index contributed by atoms with van der Waals surface area (Å²) in [5.41, 5.74) is 2.79. The standard InChI is InChI=1S/C29H31BrN2O3/c1-20(23-5-3-2-4-6-23)31-29(35)28(24-12-14-25(30)15-13-24)32(19-22-7-8-22)27(34)18-11-21-9-16-26(33)17-10-21/h2-6,9-10,12-17,20,22,28,33H,7-8,11,18-19H2,1H3,(H,31,35). The molecule has 1 aliphatic rings. The number of amides is 2. The number of rotatable bonds is 10. The van der Waals surface area contributed by atoms with Crippen molar-refractivity contribution >= 4 is 27.7 Å². The molecule has 0 saturated heterocycles. The minimum absolute atomic E-state index is 0.0413. The van der Waals surface area contributed by atoms with Gasteiger partial charge in [-0.05, 0) is 73.1 Å². The van der Waals surface area contributed by atoms with Crippen LogP contribution in [0.15, 0.2) is 83.3 Å². The second-order valence-corrected chi connectivity index (χ2v) is 10.2. The molecular formula is C29H31BrN2O3. The molecule has 1 fully saturated rings. The molecule has 3 aromatic carbocycles. The molecule has 0 radical (unpaired) electrons. The molecule has 182 valence electrons. The van der Waals surface area contributed by atoms with Crippen molar-refractivity contribution in [3.8, 4) is 5.75 Å². The number of nitrogens with zero attached hydrogens (tertiary/aromatic N) is 1. The summed E-state index contributed by atoms with van der Waals surface area (Å²) in [5.74, 6) is 0.419. The molecule has 2 unspecified atom stereocenters. The van der Waals surface area contributed by atoms with Crippen LogP contribution in [0.25, 0.3) is 0 Å². The zero-order valence-corrected chi connectivity index (χ0v) is 21.4. The quantitative estimate of drug-likeness (QED) is 0.338. The Kier molecular flexibility index (Phi) is 8.24. The Morgan fingerprint density at radius 2 is 1.63 bits per heavy atom. The summed E-state index contributed by atoms with van der Waals surface area (Å²) in [5, 5.41) is 12.7. The molecule has 4 rings (SSSR count). The van der Waals surface area contributed by atoms with E-state index in [1.807, 2.05) is 73.7 Å². The Labute approximate surface area is 215 Å². The number of aryl methyl sites for hydroxylation is 1. The third-order valence-electron chi connectivity index (χ3n) is 6.44. The van der Waals surface area contributed by atoms with Crippen LogP contribution in [0.2, 0.25) is 0 Å². The van der Waals surface area contributed by atoms with E-state index in [2.05, 4.69) is 21.2 Å². The van der Waals surface area contributed by atoms with Crippen molar-refractivity contribution < 1.29 is 14.7 Å². The van der Waals surface area contributed by atoms with E-state index in [9.17, 15) is 14.7 Å². The molecule has 2 amide bonds. The van der Waals surface area contributed by atoms with E-state index < -0.39 is 6.04 Å². The van der Waals surface area contributed by atoms with E-state index in [-0.39, 0.29) is 23.6 Å². The summed E-state index contributed by atoms with van der Waals surface area (Å²) in [6.45, 7) is 2.53. The van der Waals surface area contributed by atoms with Gasteiger partial charge in [-0.3, -0.25) is 9.59 Å². The molecule has 1 saturated carbocycles. The molecule has 2 atom stereocenters. The van der Waals surface area contributed by atoms with Gasteiger partial charge in [0.25, 0.3) is 0 Å². The highest BCUT2D eigenvalue weighted by Gasteiger charge is 2.36. The first-order valence-corrected chi connectivity index (χ1v) is 12.9. The first-order chi connectivity index (χ1) is 16.9. The van der Waals surface area contributed by atoms with Crippen LogP contribution < -0.4 is 5.32 Å². The Balaban J connectivity index is 1.58. The minimum Gasteiger partial charge on any atom is -0.508 e. The third-order valence-corrected chi connectivity index (χ3v) is 6.97. The van der Waals surface area contributed by atoms with Gasteiger partial charge in [0, 0.05) is 17.4 Å². The number of hydrogen-bond donors (Lipinski definition) is 2. The number of aromatic hydroxyl groups is 1. The predicted octanol–water partition coefficient (Wildman–Crippen LogP) is 5.94. The fraction of sp³-hybridized carbons (Fsp3) is 0.310. The molecule has 0 aromatic heterocycles. The third kappa shape index (κ3) is 6.95. The lowest BCUT2D eigenvalue weighted by atomic mass is 10.0. The highest BCUT2D eigenvalue weighted by molar-refractivity contribution is 9.10. The van der Waals surface area contributed by atoms with Crippen molar-refractivity contribution in [2.75, 3.05) is 6.54 Å². The zero-order valence-electron chi connectivity index (χ0n) is 19.9. The van der Waals surface area contributed by atoms with Crippen LogP contribution in [0.5, 0.6) is 5.75 Å². The lowest BCUT2D eigenvalue weighted by Gasteiger charge is -2.32. The number of hydrogen-bond acceptors (Lipinski definition) is 3. The average Bonchev–Trinajstić information content (AvgIpc) is 3.69. The number of carbonyl (C=O) groups is 2. The molecule has 5 nitrogen and oxygen atoms in total. The van der Waals surface area contributed by atoms with Gasteiger partial charge in [0.2, 0.25) is 11.8 Å². The summed E-state index contributed by atoms with van der Waals surface area (Å²) < 4.78 is 0.922. The average molecular weight is 535 g/mol. The van der Waals surface area contributed by atoms with Crippen LogP contribution in [0.3, 0.4) is 0 Å². The van der Waals surface area contributed by atoms with Crippen molar-refractivity contribution in [2.45, 2.75) is 44.7 Å². The van der Waals surface area contributed by atoms with E-state index in [0.29, 0.717) is 25.3 Å². The molecular weight excluding hydrogens is 504 g/mol. The van der Waals surface area contributed by atoms with Gasteiger partial charge in [0.05, 0.1) is 6.04 Å². The molecule has 6 heteroatoms. The Bertz CT molecular complexity index is 1130. The summed E-state index contributed by atoms with van der Waals surface area (Å²) in [4.78, 5) is 29.1. The van der Waals surface area contributed by atoms with Gasteiger partial charge >= 0.3 is 0 Å². The van der Waals surface area contributed by atoms with E-state index in [4.69, 9.17) is 0 Å². The van der Waals surface area contributed by atoms with Gasteiger partial charge in [-0.15, -0.1) is 0 Å². The largest absolute Gasteiger partial charge is 0.508 e. The number of halogens is 1. The van der Waals surface area contributed by atoms with Crippen LogP contribution in [-0.4, -0.2) is 28.4 Å². The molecule has 3 aromatic rings. The van der Waals surface area contributed by atoms with Crippen molar-refractivity contribution in [2.24, 2.45) is 5.92 Å². The molecule has 0 spiro atoms. The van der Waals surface area contributed by atoms with Crippen LogP contribution >= 0.6 is 15.9 Å². The first-order valence-electron chi connectivity index (χ1n) is 12.1. The normalized spacial score (nSPS) is 14.7. The number of phenolic OH excluding ortho intramolecular Hbond substituents is 1. The van der Waals surface area contributed by atoms with Crippen molar-refractivity contribution in [1.29, 1.82) is 0 Å². The fourth-order valence-corrected chi connectivity index (χ4v) is 4.49. The smallest absolute Gasteiger partial charge is 0.247 e. The fourth-order valence-electron chi connectivity index (χ4n) is 4.22. The van der Waals surface area contributed by atoms with Crippen LogP contribution in [0.1, 0.15) is 55.0 Å². The Morgan fingerprint density at radius 3 is 2.26 bits per heavy atom. The molecule has 1 aliphatic carbocycles.